The Kier molecular flexibility index (Phi) is 3.53. The number of rotatable bonds is 2. The molecular formula is C17H16ClFO. The van der Waals surface area contributed by atoms with E-state index in [1.807, 2.05) is 12.1 Å². The molecule has 1 atom stereocenters. The van der Waals surface area contributed by atoms with Crippen molar-refractivity contribution >= 4 is 11.6 Å². The smallest absolute Gasteiger partial charge is 0.127 e. The molecule has 2 aromatic rings. The monoisotopic (exact) mass is 290 g/mol. The second kappa shape index (κ2) is 5.19. The zero-order chi connectivity index (χ0) is 14.3. The van der Waals surface area contributed by atoms with Gasteiger partial charge in [0.2, 0.25) is 0 Å². The zero-order valence-corrected chi connectivity index (χ0v) is 12.0. The molecule has 1 nitrogen and oxygen atoms in total. The van der Waals surface area contributed by atoms with Crippen molar-refractivity contribution in [1.82, 2.24) is 0 Å². The first-order valence-electron chi connectivity index (χ1n) is 6.81. The summed E-state index contributed by atoms with van der Waals surface area (Å²) in [5.41, 5.74) is 4.53. The van der Waals surface area contributed by atoms with Crippen LogP contribution in [0.4, 0.5) is 4.39 Å². The lowest BCUT2D eigenvalue weighted by molar-refractivity contribution is 0.220. The molecule has 0 spiro atoms. The highest BCUT2D eigenvalue weighted by atomic mass is 35.5. The Labute approximate surface area is 123 Å². The minimum Gasteiger partial charge on any atom is -0.384 e. The number of halogens is 2. The number of benzene rings is 2. The molecule has 0 heterocycles. The van der Waals surface area contributed by atoms with Gasteiger partial charge in [0.25, 0.3) is 0 Å². The molecule has 0 saturated carbocycles. The van der Waals surface area contributed by atoms with Crippen molar-refractivity contribution in [2.45, 2.75) is 32.3 Å². The van der Waals surface area contributed by atoms with E-state index in [0.717, 1.165) is 18.4 Å². The fraction of sp³-hybridized carbons (Fsp3) is 0.294. The number of aryl methyl sites for hydroxylation is 3. The van der Waals surface area contributed by atoms with Crippen molar-refractivity contribution in [2.75, 3.05) is 0 Å². The Morgan fingerprint density at radius 1 is 1.15 bits per heavy atom. The average molecular weight is 291 g/mol. The molecule has 104 valence electrons. The number of fused-ring (bicyclic) bond motifs is 1. The van der Waals surface area contributed by atoms with Gasteiger partial charge in [-0.15, -0.1) is 0 Å². The molecule has 0 radical (unpaired) electrons. The van der Waals surface area contributed by atoms with Crippen molar-refractivity contribution in [3.05, 3.63) is 69.0 Å². The number of aliphatic hydroxyl groups is 1. The van der Waals surface area contributed by atoms with Gasteiger partial charge >= 0.3 is 0 Å². The van der Waals surface area contributed by atoms with Gasteiger partial charge in [0, 0.05) is 10.6 Å². The lowest BCUT2D eigenvalue weighted by Crippen LogP contribution is -2.03. The number of aliphatic hydroxyl groups excluding tert-OH is 1. The van der Waals surface area contributed by atoms with E-state index < -0.39 is 6.10 Å². The molecular weight excluding hydrogens is 275 g/mol. The van der Waals surface area contributed by atoms with Gasteiger partial charge in [0.15, 0.2) is 0 Å². The first-order chi connectivity index (χ1) is 9.56. The predicted molar refractivity (Wildman–Crippen MR) is 78.7 cm³/mol. The van der Waals surface area contributed by atoms with Gasteiger partial charge in [-0.2, -0.15) is 0 Å². The fourth-order valence-electron chi connectivity index (χ4n) is 2.83. The van der Waals surface area contributed by atoms with Crippen molar-refractivity contribution < 1.29 is 9.50 Å². The molecule has 1 unspecified atom stereocenters. The first-order valence-corrected chi connectivity index (χ1v) is 7.19. The molecule has 0 aliphatic heterocycles. The van der Waals surface area contributed by atoms with Gasteiger partial charge in [-0.1, -0.05) is 29.8 Å². The summed E-state index contributed by atoms with van der Waals surface area (Å²) in [6.07, 6.45) is 2.53. The summed E-state index contributed by atoms with van der Waals surface area (Å²) in [6.45, 7) is 1.67. The molecule has 3 rings (SSSR count). The second-order valence-corrected chi connectivity index (χ2v) is 5.81. The van der Waals surface area contributed by atoms with Crippen LogP contribution in [0, 0.1) is 12.7 Å². The minimum absolute atomic E-state index is 0.265. The molecule has 0 aromatic heterocycles. The topological polar surface area (TPSA) is 20.2 Å². The van der Waals surface area contributed by atoms with Crippen LogP contribution in [0.3, 0.4) is 0 Å². The molecule has 20 heavy (non-hydrogen) atoms. The van der Waals surface area contributed by atoms with Crippen LogP contribution in [0.5, 0.6) is 0 Å². The Morgan fingerprint density at radius 2 is 1.90 bits per heavy atom. The maximum Gasteiger partial charge on any atom is 0.127 e. The molecule has 1 aliphatic rings. The van der Waals surface area contributed by atoms with E-state index in [0.29, 0.717) is 11.1 Å². The van der Waals surface area contributed by atoms with E-state index in [1.54, 1.807) is 13.0 Å². The minimum atomic E-state index is -0.812. The van der Waals surface area contributed by atoms with Crippen LogP contribution in [-0.4, -0.2) is 5.11 Å². The molecule has 0 saturated heterocycles. The molecule has 1 aliphatic carbocycles. The summed E-state index contributed by atoms with van der Waals surface area (Å²) in [7, 11) is 0. The SMILES string of the molecule is Cc1cc(C(O)c2ccc3c(c2)CCC3)c(Cl)cc1F. The van der Waals surface area contributed by atoms with E-state index in [2.05, 4.69) is 6.07 Å². The molecule has 0 bridgehead atoms. The van der Waals surface area contributed by atoms with Gasteiger partial charge in [-0.3, -0.25) is 0 Å². The molecule has 1 N–H and O–H groups in total. The van der Waals surface area contributed by atoms with Gasteiger partial charge in [0.1, 0.15) is 11.9 Å². The summed E-state index contributed by atoms with van der Waals surface area (Å²) in [5.74, 6) is -0.347. The van der Waals surface area contributed by atoms with Crippen molar-refractivity contribution in [2.24, 2.45) is 0 Å². The van der Waals surface area contributed by atoms with Gasteiger partial charge < -0.3 is 5.11 Å². The van der Waals surface area contributed by atoms with E-state index in [9.17, 15) is 9.50 Å². The normalized spacial score (nSPS) is 15.2. The van der Waals surface area contributed by atoms with Crippen LogP contribution in [0.2, 0.25) is 5.02 Å². The molecule has 3 heteroatoms. The first kappa shape index (κ1) is 13.6. The Balaban J connectivity index is 2.00. The Bertz CT molecular complexity index is 666. The third-order valence-corrected chi connectivity index (χ3v) is 4.34. The Morgan fingerprint density at radius 3 is 2.70 bits per heavy atom. The van der Waals surface area contributed by atoms with E-state index >= 15 is 0 Å². The van der Waals surface area contributed by atoms with Crippen molar-refractivity contribution in [1.29, 1.82) is 0 Å². The van der Waals surface area contributed by atoms with Crippen molar-refractivity contribution in [3.8, 4) is 0 Å². The maximum absolute atomic E-state index is 13.4. The number of hydrogen-bond donors (Lipinski definition) is 1. The zero-order valence-electron chi connectivity index (χ0n) is 11.3. The van der Waals surface area contributed by atoms with Gasteiger partial charge in [-0.05, 0) is 60.6 Å². The van der Waals surface area contributed by atoms with E-state index in [1.165, 1.54) is 23.6 Å². The molecule has 0 amide bonds. The summed E-state index contributed by atoms with van der Waals surface area (Å²) >= 11 is 6.06. The lowest BCUT2D eigenvalue weighted by Gasteiger charge is -2.15. The second-order valence-electron chi connectivity index (χ2n) is 5.41. The summed E-state index contributed by atoms with van der Waals surface area (Å²) < 4.78 is 13.4. The van der Waals surface area contributed by atoms with Crippen LogP contribution in [0.1, 0.15) is 40.3 Å². The van der Waals surface area contributed by atoms with Crippen LogP contribution in [-0.2, 0) is 12.8 Å². The van der Waals surface area contributed by atoms with Gasteiger partial charge in [0.05, 0.1) is 0 Å². The quantitative estimate of drug-likeness (QED) is 0.871. The molecule has 0 fully saturated rings. The maximum atomic E-state index is 13.4. The highest BCUT2D eigenvalue weighted by Crippen LogP contribution is 2.32. The van der Waals surface area contributed by atoms with Crippen LogP contribution < -0.4 is 0 Å². The summed E-state index contributed by atoms with van der Waals surface area (Å²) in [4.78, 5) is 0. The third-order valence-electron chi connectivity index (χ3n) is 4.01. The lowest BCUT2D eigenvalue weighted by atomic mass is 9.97. The van der Waals surface area contributed by atoms with Crippen molar-refractivity contribution in [3.63, 3.8) is 0 Å². The fourth-order valence-corrected chi connectivity index (χ4v) is 3.08. The van der Waals surface area contributed by atoms with Gasteiger partial charge in [-0.25, -0.2) is 4.39 Å². The highest BCUT2D eigenvalue weighted by molar-refractivity contribution is 6.31. The number of hydrogen-bond acceptors (Lipinski definition) is 1. The Hall–Kier alpha value is -1.38. The largest absolute Gasteiger partial charge is 0.384 e. The summed E-state index contributed by atoms with van der Waals surface area (Å²) in [5, 5.41) is 10.8. The van der Waals surface area contributed by atoms with E-state index in [4.69, 9.17) is 11.6 Å². The van der Waals surface area contributed by atoms with Crippen LogP contribution in [0.15, 0.2) is 30.3 Å². The van der Waals surface area contributed by atoms with Crippen LogP contribution >= 0.6 is 11.6 Å². The van der Waals surface area contributed by atoms with E-state index in [-0.39, 0.29) is 10.8 Å². The third kappa shape index (κ3) is 2.34. The predicted octanol–water partition coefficient (Wildman–Crippen LogP) is 4.36. The summed E-state index contributed by atoms with van der Waals surface area (Å²) in [6, 6.07) is 8.94. The molecule has 2 aromatic carbocycles. The standard InChI is InChI=1S/C17H16ClFO/c1-10-7-14(15(18)9-16(10)19)17(20)13-6-5-11-3-2-4-12(11)8-13/h5-9,17,20H,2-4H2,1H3. The van der Waals surface area contributed by atoms with Crippen LogP contribution in [0.25, 0.3) is 0 Å². The average Bonchev–Trinajstić information content (AvgIpc) is 2.89. The highest BCUT2D eigenvalue weighted by Gasteiger charge is 2.18.